The van der Waals surface area contributed by atoms with Gasteiger partial charge in [-0.2, -0.15) is 0 Å². The maximum atomic E-state index is 11.5. The summed E-state index contributed by atoms with van der Waals surface area (Å²) >= 11 is 0. The Morgan fingerprint density at radius 3 is 2.29 bits per heavy atom. The molecule has 0 bridgehead atoms. The van der Waals surface area contributed by atoms with Crippen LogP contribution in [0.15, 0.2) is 0 Å². The molecule has 1 amide bonds. The lowest BCUT2D eigenvalue weighted by Crippen LogP contribution is -2.29. The molecule has 0 aliphatic carbocycles. The molecular weight excluding hydrogens is 198 g/mol. The normalized spacial score (nSPS) is 9.79. The Bertz CT molecular complexity index is 148. The van der Waals surface area contributed by atoms with Gasteiger partial charge in [0.2, 0.25) is 5.91 Å². The Morgan fingerprint density at radius 2 is 1.86 bits per heavy atom. The van der Waals surface area contributed by atoms with Gasteiger partial charge in [-0.15, -0.1) is 12.4 Å². The van der Waals surface area contributed by atoms with Crippen molar-refractivity contribution in [2.24, 2.45) is 5.92 Å². The van der Waals surface area contributed by atoms with E-state index in [9.17, 15) is 4.79 Å². The van der Waals surface area contributed by atoms with E-state index in [-0.39, 0.29) is 12.4 Å². The van der Waals surface area contributed by atoms with E-state index in [0.29, 0.717) is 11.8 Å². The number of carbonyl (C=O) groups excluding carboxylic acids is 1. The molecule has 0 aromatic rings. The third-order valence-corrected chi connectivity index (χ3v) is 2.06. The first-order chi connectivity index (χ1) is 6.07. The van der Waals surface area contributed by atoms with Crippen molar-refractivity contribution in [2.45, 2.75) is 46.5 Å². The van der Waals surface area contributed by atoms with Crippen LogP contribution in [-0.4, -0.2) is 24.4 Å². The Balaban J connectivity index is 0. The summed E-state index contributed by atoms with van der Waals surface area (Å²) in [5.74, 6) is 0.863. The van der Waals surface area contributed by atoms with Gasteiger partial charge in [-0.05, 0) is 12.3 Å². The molecule has 0 aromatic heterocycles. The predicted octanol–water partition coefficient (Wildman–Crippen LogP) is 3.10. The van der Waals surface area contributed by atoms with Crippen LogP contribution in [-0.2, 0) is 4.79 Å². The highest BCUT2D eigenvalue weighted by molar-refractivity contribution is 5.85. The summed E-state index contributed by atoms with van der Waals surface area (Å²) in [6, 6.07) is 0. The van der Waals surface area contributed by atoms with E-state index in [2.05, 4.69) is 20.8 Å². The molecule has 0 atom stereocenters. The van der Waals surface area contributed by atoms with Crippen molar-refractivity contribution in [2.75, 3.05) is 13.6 Å². The van der Waals surface area contributed by atoms with Crippen molar-refractivity contribution in [1.82, 2.24) is 4.90 Å². The van der Waals surface area contributed by atoms with Crippen molar-refractivity contribution in [1.29, 1.82) is 0 Å². The van der Waals surface area contributed by atoms with Crippen molar-refractivity contribution >= 4 is 18.3 Å². The van der Waals surface area contributed by atoms with Crippen LogP contribution in [0.1, 0.15) is 46.5 Å². The third-order valence-electron chi connectivity index (χ3n) is 2.06. The standard InChI is InChI=1S/C11H23NO.ClH/c1-5-6-7-8-11(13)12(4)9-10(2)3;/h10H,5-9H2,1-4H3;1H. The maximum absolute atomic E-state index is 11.5. The van der Waals surface area contributed by atoms with Gasteiger partial charge < -0.3 is 4.90 Å². The number of carbonyl (C=O) groups is 1. The van der Waals surface area contributed by atoms with Crippen LogP contribution in [0.25, 0.3) is 0 Å². The van der Waals surface area contributed by atoms with E-state index in [1.54, 1.807) is 0 Å². The van der Waals surface area contributed by atoms with E-state index in [1.807, 2.05) is 11.9 Å². The first-order valence-corrected chi connectivity index (χ1v) is 5.31. The lowest BCUT2D eigenvalue weighted by Gasteiger charge is -2.19. The highest BCUT2D eigenvalue weighted by Crippen LogP contribution is 2.03. The van der Waals surface area contributed by atoms with Crippen molar-refractivity contribution < 1.29 is 4.79 Å². The second-order valence-electron chi connectivity index (χ2n) is 4.13. The second kappa shape index (κ2) is 9.32. The number of amides is 1. The van der Waals surface area contributed by atoms with Gasteiger partial charge in [0, 0.05) is 20.0 Å². The minimum atomic E-state index is 0. The Morgan fingerprint density at radius 1 is 1.29 bits per heavy atom. The smallest absolute Gasteiger partial charge is 0.222 e. The summed E-state index contributed by atoms with van der Waals surface area (Å²) in [4.78, 5) is 13.3. The average molecular weight is 222 g/mol. The second-order valence-corrected chi connectivity index (χ2v) is 4.13. The number of unbranched alkanes of at least 4 members (excludes halogenated alkanes) is 2. The van der Waals surface area contributed by atoms with Crippen LogP contribution < -0.4 is 0 Å². The Kier molecular flexibility index (Phi) is 10.8. The van der Waals surface area contributed by atoms with E-state index in [4.69, 9.17) is 0 Å². The fraction of sp³-hybridized carbons (Fsp3) is 0.909. The van der Waals surface area contributed by atoms with Gasteiger partial charge in [0.05, 0.1) is 0 Å². The van der Waals surface area contributed by atoms with Gasteiger partial charge in [0.15, 0.2) is 0 Å². The summed E-state index contributed by atoms with van der Waals surface area (Å²) in [5.41, 5.74) is 0. The summed E-state index contributed by atoms with van der Waals surface area (Å²) in [6.45, 7) is 7.30. The van der Waals surface area contributed by atoms with E-state index < -0.39 is 0 Å². The molecule has 0 N–H and O–H groups in total. The fourth-order valence-corrected chi connectivity index (χ4v) is 1.37. The van der Waals surface area contributed by atoms with Gasteiger partial charge in [-0.25, -0.2) is 0 Å². The molecule has 0 radical (unpaired) electrons. The third kappa shape index (κ3) is 8.36. The summed E-state index contributed by atoms with van der Waals surface area (Å²) in [5, 5.41) is 0. The molecule has 14 heavy (non-hydrogen) atoms. The molecule has 3 heteroatoms. The molecule has 86 valence electrons. The number of nitrogens with zero attached hydrogens (tertiary/aromatic N) is 1. The molecule has 0 fully saturated rings. The van der Waals surface area contributed by atoms with Gasteiger partial charge >= 0.3 is 0 Å². The highest BCUT2D eigenvalue weighted by atomic mass is 35.5. The van der Waals surface area contributed by atoms with Crippen LogP contribution in [0.3, 0.4) is 0 Å². The first kappa shape index (κ1) is 16.2. The fourth-order valence-electron chi connectivity index (χ4n) is 1.37. The van der Waals surface area contributed by atoms with Crippen LogP contribution in [0.2, 0.25) is 0 Å². The summed E-state index contributed by atoms with van der Waals surface area (Å²) in [7, 11) is 1.90. The first-order valence-electron chi connectivity index (χ1n) is 5.31. The van der Waals surface area contributed by atoms with Crippen molar-refractivity contribution in [3.8, 4) is 0 Å². The lowest BCUT2D eigenvalue weighted by molar-refractivity contribution is -0.130. The number of rotatable bonds is 6. The largest absolute Gasteiger partial charge is 0.346 e. The minimum Gasteiger partial charge on any atom is -0.346 e. The molecule has 0 unspecified atom stereocenters. The zero-order valence-electron chi connectivity index (χ0n) is 9.88. The predicted molar refractivity (Wildman–Crippen MR) is 63.9 cm³/mol. The molecule has 0 saturated heterocycles. The Hall–Kier alpha value is -0.240. The summed E-state index contributed by atoms with van der Waals surface area (Å²) in [6.07, 6.45) is 4.11. The van der Waals surface area contributed by atoms with Crippen LogP contribution in [0.4, 0.5) is 0 Å². The van der Waals surface area contributed by atoms with Gasteiger partial charge in [-0.1, -0.05) is 33.6 Å². The highest BCUT2D eigenvalue weighted by Gasteiger charge is 2.08. The number of hydrogen-bond acceptors (Lipinski definition) is 1. The van der Waals surface area contributed by atoms with Gasteiger partial charge in [-0.3, -0.25) is 4.79 Å². The summed E-state index contributed by atoms with van der Waals surface area (Å²) < 4.78 is 0. The quantitative estimate of drug-likeness (QED) is 0.632. The molecule has 0 aliphatic heterocycles. The zero-order chi connectivity index (χ0) is 10.3. The molecule has 0 spiro atoms. The molecule has 0 saturated carbocycles. The SMILES string of the molecule is CCCCCC(=O)N(C)CC(C)C.Cl. The van der Waals surface area contributed by atoms with Gasteiger partial charge in [0.25, 0.3) is 0 Å². The lowest BCUT2D eigenvalue weighted by atomic mass is 10.1. The number of hydrogen-bond donors (Lipinski definition) is 0. The zero-order valence-corrected chi connectivity index (χ0v) is 10.7. The van der Waals surface area contributed by atoms with Crippen LogP contribution >= 0.6 is 12.4 Å². The monoisotopic (exact) mass is 221 g/mol. The Labute approximate surface area is 94.5 Å². The van der Waals surface area contributed by atoms with E-state index in [0.717, 1.165) is 19.4 Å². The van der Waals surface area contributed by atoms with Crippen LogP contribution in [0.5, 0.6) is 0 Å². The molecular formula is C11H24ClNO. The van der Waals surface area contributed by atoms with E-state index in [1.165, 1.54) is 12.8 Å². The molecule has 0 aromatic carbocycles. The molecule has 0 heterocycles. The average Bonchev–Trinajstić information content (AvgIpc) is 2.03. The minimum absolute atomic E-state index is 0. The molecule has 2 nitrogen and oxygen atoms in total. The van der Waals surface area contributed by atoms with Gasteiger partial charge in [0.1, 0.15) is 0 Å². The molecule has 0 aliphatic rings. The van der Waals surface area contributed by atoms with Crippen molar-refractivity contribution in [3.63, 3.8) is 0 Å². The number of halogens is 1. The maximum Gasteiger partial charge on any atom is 0.222 e. The van der Waals surface area contributed by atoms with Crippen LogP contribution in [0, 0.1) is 5.92 Å². The topological polar surface area (TPSA) is 20.3 Å². The van der Waals surface area contributed by atoms with Crippen molar-refractivity contribution in [3.05, 3.63) is 0 Å². The van der Waals surface area contributed by atoms with E-state index >= 15 is 0 Å². The molecule has 0 rings (SSSR count).